The maximum atomic E-state index is 13.3. The van der Waals surface area contributed by atoms with Crippen molar-refractivity contribution in [2.75, 3.05) is 0 Å². The zero-order chi connectivity index (χ0) is 20.9. The number of nitrogens with zero attached hydrogens (tertiary/aromatic N) is 3. The first-order valence-electron chi connectivity index (χ1n) is 9.34. The second-order valence-electron chi connectivity index (χ2n) is 7.76. The molecule has 1 N–H and O–H groups in total. The molecule has 7 heteroatoms. The third-order valence-corrected chi connectivity index (χ3v) is 4.71. The molecule has 0 radical (unpaired) electrons. The molecule has 2 amide bonds. The zero-order valence-corrected chi connectivity index (χ0v) is 17.5. The van der Waals surface area contributed by atoms with Gasteiger partial charge in [-0.1, -0.05) is 65.2 Å². The quantitative estimate of drug-likeness (QED) is 0.672. The molecule has 1 unspecified atom stereocenters. The molecule has 0 aliphatic rings. The van der Waals surface area contributed by atoms with Crippen LogP contribution in [0.15, 0.2) is 66.0 Å². The normalized spacial score (nSPS) is 12.2. The van der Waals surface area contributed by atoms with E-state index in [4.69, 9.17) is 0 Å². The summed E-state index contributed by atoms with van der Waals surface area (Å²) in [5.74, 6) is -0.573. The minimum Gasteiger partial charge on any atom is -0.349 e. The second kappa shape index (κ2) is 8.96. The molecule has 0 saturated carbocycles. The summed E-state index contributed by atoms with van der Waals surface area (Å²) in [6, 6.07) is 18.1. The lowest BCUT2D eigenvalue weighted by molar-refractivity contribution is -0.127. The van der Waals surface area contributed by atoms with Gasteiger partial charge in [0.1, 0.15) is 6.04 Å². The molecule has 0 bridgehead atoms. The molecule has 0 fully saturated rings. The van der Waals surface area contributed by atoms with Crippen LogP contribution in [0.3, 0.4) is 0 Å². The Labute approximate surface area is 174 Å². The predicted octanol–water partition coefficient (Wildman–Crippen LogP) is 3.84. The van der Waals surface area contributed by atoms with E-state index in [1.807, 2.05) is 81.4 Å². The van der Waals surface area contributed by atoms with Crippen molar-refractivity contribution in [2.45, 2.75) is 38.9 Å². The van der Waals surface area contributed by atoms with Gasteiger partial charge in [0.2, 0.25) is 5.91 Å². The summed E-state index contributed by atoms with van der Waals surface area (Å²) in [7, 11) is 0. The van der Waals surface area contributed by atoms with E-state index in [1.54, 1.807) is 10.3 Å². The summed E-state index contributed by atoms with van der Waals surface area (Å²) in [5, 5.41) is 8.55. The van der Waals surface area contributed by atoms with Crippen LogP contribution in [0.1, 0.15) is 48.4 Å². The lowest BCUT2D eigenvalue weighted by atomic mass is 10.0. The summed E-state index contributed by atoms with van der Waals surface area (Å²) >= 11 is 1.11. The third kappa shape index (κ3) is 5.48. The number of nitrogens with one attached hydrogen (secondary N) is 1. The Bertz CT molecular complexity index is 938. The summed E-state index contributed by atoms with van der Waals surface area (Å²) < 4.78 is 3.81. The van der Waals surface area contributed by atoms with Gasteiger partial charge in [-0.25, -0.2) is 0 Å². The highest BCUT2D eigenvalue weighted by atomic mass is 32.1. The van der Waals surface area contributed by atoms with Crippen LogP contribution < -0.4 is 5.32 Å². The molecule has 150 valence electrons. The van der Waals surface area contributed by atoms with Crippen LogP contribution in [-0.4, -0.2) is 31.8 Å². The van der Waals surface area contributed by atoms with Gasteiger partial charge in [-0.2, -0.15) is 0 Å². The van der Waals surface area contributed by atoms with Crippen LogP contribution in [0.2, 0.25) is 0 Å². The van der Waals surface area contributed by atoms with Crippen LogP contribution in [0.5, 0.6) is 0 Å². The van der Waals surface area contributed by atoms with Crippen molar-refractivity contribution in [2.24, 2.45) is 0 Å². The van der Waals surface area contributed by atoms with Crippen LogP contribution in [-0.2, 0) is 11.3 Å². The van der Waals surface area contributed by atoms with Crippen molar-refractivity contribution in [1.82, 2.24) is 19.8 Å². The van der Waals surface area contributed by atoms with Gasteiger partial charge in [-0.15, -0.1) is 5.10 Å². The number of carbonyl (C=O) groups excluding carboxylic acids is 2. The van der Waals surface area contributed by atoms with Gasteiger partial charge >= 0.3 is 0 Å². The van der Waals surface area contributed by atoms with Gasteiger partial charge in [0.25, 0.3) is 5.91 Å². The minimum atomic E-state index is -0.801. The van der Waals surface area contributed by atoms with Crippen LogP contribution in [0, 0.1) is 0 Å². The summed E-state index contributed by atoms with van der Waals surface area (Å²) in [4.78, 5) is 28.2. The molecule has 0 saturated heterocycles. The Morgan fingerprint density at radius 2 is 1.66 bits per heavy atom. The topological polar surface area (TPSA) is 75.2 Å². The van der Waals surface area contributed by atoms with Gasteiger partial charge < -0.3 is 10.2 Å². The number of rotatable bonds is 6. The molecule has 0 spiro atoms. The van der Waals surface area contributed by atoms with Crippen molar-refractivity contribution in [1.29, 1.82) is 0 Å². The maximum Gasteiger partial charge on any atom is 0.276 e. The SMILES string of the molecule is CC(C)(C)NC(=O)C(c1ccccc1)N(Cc1ccccc1)C(=O)c1csnn1. The first kappa shape index (κ1) is 20.7. The Morgan fingerprint density at radius 3 is 2.21 bits per heavy atom. The Kier molecular flexibility index (Phi) is 6.39. The molecule has 0 aliphatic carbocycles. The number of hydrogen-bond donors (Lipinski definition) is 1. The molecular weight excluding hydrogens is 384 g/mol. The molecule has 1 aromatic heterocycles. The van der Waals surface area contributed by atoms with Gasteiger partial charge in [0.05, 0.1) is 0 Å². The summed E-state index contributed by atoms with van der Waals surface area (Å²) in [5.41, 5.74) is 1.46. The smallest absolute Gasteiger partial charge is 0.276 e. The fourth-order valence-electron chi connectivity index (χ4n) is 3.01. The van der Waals surface area contributed by atoms with E-state index < -0.39 is 11.6 Å². The van der Waals surface area contributed by atoms with Crippen molar-refractivity contribution in [3.8, 4) is 0 Å². The molecule has 0 aliphatic heterocycles. The number of benzene rings is 2. The highest BCUT2D eigenvalue weighted by molar-refractivity contribution is 7.03. The predicted molar refractivity (Wildman–Crippen MR) is 113 cm³/mol. The van der Waals surface area contributed by atoms with Gasteiger partial charge in [0, 0.05) is 17.5 Å². The van der Waals surface area contributed by atoms with Gasteiger partial charge in [-0.05, 0) is 43.4 Å². The van der Waals surface area contributed by atoms with Gasteiger partial charge in [0.15, 0.2) is 5.69 Å². The standard InChI is InChI=1S/C22H24N4O2S/c1-22(2,3)23-20(27)19(17-12-8-5-9-13-17)26(14-16-10-6-4-7-11-16)21(28)18-15-29-25-24-18/h4-13,15,19H,14H2,1-3H3,(H,23,27). The number of hydrogen-bond acceptors (Lipinski definition) is 5. The van der Waals surface area contributed by atoms with E-state index >= 15 is 0 Å². The fourth-order valence-corrected chi connectivity index (χ4v) is 3.44. The van der Waals surface area contributed by atoms with Crippen molar-refractivity contribution >= 4 is 23.3 Å². The number of carbonyl (C=O) groups is 2. The van der Waals surface area contributed by atoms with Crippen LogP contribution in [0.4, 0.5) is 0 Å². The van der Waals surface area contributed by atoms with E-state index in [-0.39, 0.29) is 24.1 Å². The first-order chi connectivity index (χ1) is 13.8. The van der Waals surface area contributed by atoms with Crippen molar-refractivity contribution < 1.29 is 9.59 Å². The minimum absolute atomic E-state index is 0.232. The average Bonchev–Trinajstić information content (AvgIpc) is 3.22. The van der Waals surface area contributed by atoms with E-state index in [0.29, 0.717) is 0 Å². The highest BCUT2D eigenvalue weighted by Gasteiger charge is 2.34. The van der Waals surface area contributed by atoms with Crippen LogP contribution >= 0.6 is 11.5 Å². The second-order valence-corrected chi connectivity index (χ2v) is 8.37. The van der Waals surface area contributed by atoms with Crippen LogP contribution in [0.25, 0.3) is 0 Å². The lowest BCUT2D eigenvalue weighted by Gasteiger charge is -2.33. The molecule has 2 aromatic carbocycles. The molecule has 3 rings (SSSR count). The van der Waals surface area contributed by atoms with E-state index in [1.165, 1.54) is 0 Å². The van der Waals surface area contributed by atoms with E-state index in [0.717, 1.165) is 22.7 Å². The molecule has 1 heterocycles. The number of amides is 2. The van der Waals surface area contributed by atoms with E-state index in [2.05, 4.69) is 14.9 Å². The molecule has 29 heavy (non-hydrogen) atoms. The molecule has 1 atom stereocenters. The Balaban J connectivity index is 2.05. The van der Waals surface area contributed by atoms with E-state index in [9.17, 15) is 9.59 Å². The Hall–Kier alpha value is -3.06. The largest absolute Gasteiger partial charge is 0.349 e. The highest BCUT2D eigenvalue weighted by Crippen LogP contribution is 2.26. The molecule has 6 nitrogen and oxygen atoms in total. The average molecular weight is 409 g/mol. The lowest BCUT2D eigenvalue weighted by Crippen LogP contribution is -2.49. The first-order valence-corrected chi connectivity index (χ1v) is 10.2. The third-order valence-electron chi connectivity index (χ3n) is 4.21. The summed E-state index contributed by atoms with van der Waals surface area (Å²) in [6.07, 6.45) is 0. The molecular formula is C22H24N4O2S. The summed E-state index contributed by atoms with van der Waals surface area (Å²) in [6.45, 7) is 6.02. The zero-order valence-electron chi connectivity index (χ0n) is 16.7. The Morgan fingerprint density at radius 1 is 1.03 bits per heavy atom. The fraction of sp³-hybridized carbons (Fsp3) is 0.273. The monoisotopic (exact) mass is 408 g/mol. The van der Waals surface area contributed by atoms with Crippen molar-refractivity contribution in [3.05, 3.63) is 82.9 Å². The number of aromatic nitrogens is 2. The van der Waals surface area contributed by atoms with Gasteiger partial charge in [-0.3, -0.25) is 9.59 Å². The van der Waals surface area contributed by atoms with Crippen molar-refractivity contribution in [3.63, 3.8) is 0 Å². The molecule has 3 aromatic rings. The maximum absolute atomic E-state index is 13.3.